The van der Waals surface area contributed by atoms with Gasteiger partial charge in [0.2, 0.25) is 5.56 Å². The van der Waals surface area contributed by atoms with Crippen molar-refractivity contribution in [3.8, 4) is 5.75 Å². The van der Waals surface area contributed by atoms with Gasteiger partial charge in [0, 0.05) is 30.1 Å². The van der Waals surface area contributed by atoms with Crippen molar-refractivity contribution in [1.82, 2.24) is 10.3 Å². The van der Waals surface area contributed by atoms with Gasteiger partial charge in [0.05, 0.1) is 31.7 Å². The number of pyridine rings is 1. The molecule has 0 amide bonds. The molecule has 0 saturated carbocycles. The zero-order valence-electron chi connectivity index (χ0n) is 21.2. The molecule has 1 aromatic heterocycles. The third kappa shape index (κ3) is 5.59. The number of aliphatic hydroxyl groups is 1. The van der Waals surface area contributed by atoms with E-state index in [1.54, 1.807) is 12.1 Å². The molecule has 0 spiro atoms. The fourth-order valence-electron chi connectivity index (χ4n) is 6.09. The van der Waals surface area contributed by atoms with E-state index in [9.17, 15) is 15.0 Å². The van der Waals surface area contributed by atoms with Gasteiger partial charge in [-0.3, -0.25) is 4.79 Å². The first-order valence-corrected chi connectivity index (χ1v) is 13.3. The summed E-state index contributed by atoms with van der Waals surface area (Å²) < 4.78 is 1.21. The number of piperidine rings is 3. The van der Waals surface area contributed by atoms with Gasteiger partial charge in [0.25, 0.3) is 0 Å². The van der Waals surface area contributed by atoms with Gasteiger partial charge in [-0.2, -0.15) is 0 Å². The number of phenols is 1. The molecule has 4 heterocycles. The summed E-state index contributed by atoms with van der Waals surface area (Å²) in [6.07, 6.45) is 5.15. The van der Waals surface area contributed by atoms with Gasteiger partial charge < -0.3 is 30.3 Å². The monoisotopic (exact) mass is 491 g/mol. The Labute approximate surface area is 212 Å². The molecule has 6 rings (SSSR count). The van der Waals surface area contributed by atoms with E-state index in [1.807, 2.05) is 6.07 Å². The molecule has 3 aliphatic rings. The van der Waals surface area contributed by atoms with Gasteiger partial charge in [0.15, 0.2) is 0 Å². The summed E-state index contributed by atoms with van der Waals surface area (Å²) in [7, 11) is 0. The summed E-state index contributed by atoms with van der Waals surface area (Å²) in [6, 6.07) is 13.1. The summed E-state index contributed by atoms with van der Waals surface area (Å²) in [5, 5.41) is 28.4. The van der Waals surface area contributed by atoms with Crippen LogP contribution in [0.5, 0.6) is 5.75 Å². The lowest BCUT2D eigenvalue weighted by Crippen LogP contribution is -2.59. The Balaban J connectivity index is 1.10. The molecular formula is C29H39N4O3+. The van der Waals surface area contributed by atoms with E-state index in [4.69, 9.17) is 0 Å². The predicted octanol–water partition coefficient (Wildman–Crippen LogP) is 3.63. The first kappa shape index (κ1) is 24.8. The van der Waals surface area contributed by atoms with Gasteiger partial charge in [-0.15, -0.1) is 0 Å². The van der Waals surface area contributed by atoms with E-state index in [0.717, 1.165) is 60.6 Å². The van der Waals surface area contributed by atoms with Crippen molar-refractivity contribution in [3.05, 3.63) is 69.5 Å². The standard InChI is InChI=1S/C29H38N4O3/c1-20-18-22(19-30-13-8-23-3-6-26(34)29-24(23)4-7-27(35)32-29)2-5-25(20)31-28(36)12-17-33-14-9-21(10-15-33)11-16-33/h2-7,18,21,28,30-31,36H,8-17,19H2,1H3,(H-,32,34,35)/p+1. The molecule has 36 heavy (non-hydrogen) atoms. The van der Waals surface area contributed by atoms with E-state index in [2.05, 4.69) is 40.7 Å². The summed E-state index contributed by atoms with van der Waals surface area (Å²) in [5.74, 6) is 1.05. The van der Waals surface area contributed by atoms with Gasteiger partial charge in [-0.05, 0) is 80.0 Å². The van der Waals surface area contributed by atoms with Crippen LogP contribution in [0.1, 0.15) is 42.4 Å². The van der Waals surface area contributed by atoms with Crippen LogP contribution in [0.4, 0.5) is 5.69 Å². The van der Waals surface area contributed by atoms with Crippen LogP contribution in [0.15, 0.2) is 47.3 Å². The molecule has 0 aliphatic carbocycles. The Morgan fingerprint density at radius 2 is 1.86 bits per heavy atom. The molecule has 5 N–H and O–H groups in total. The quantitative estimate of drug-likeness (QED) is 0.170. The number of rotatable bonds is 10. The van der Waals surface area contributed by atoms with Crippen LogP contribution in [-0.4, -0.2) is 58.6 Å². The van der Waals surface area contributed by atoms with Gasteiger partial charge in [-0.1, -0.05) is 18.2 Å². The number of nitrogens with zero attached hydrogens (tertiary/aromatic N) is 1. The number of anilines is 1. The van der Waals surface area contributed by atoms with Gasteiger partial charge >= 0.3 is 0 Å². The summed E-state index contributed by atoms with van der Waals surface area (Å²) in [5.41, 5.74) is 4.67. The minimum Gasteiger partial charge on any atom is -0.506 e. The third-order valence-corrected chi connectivity index (χ3v) is 8.39. The highest BCUT2D eigenvalue weighted by atomic mass is 16.3. The van der Waals surface area contributed by atoms with Crippen LogP contribution in [0, 0.1) is 12.8 Å². The zero-order chi connectivity index (χ0) is 25.1. The fraction of sp³-hybridized carbons (Fsp3) is 0.483. The smallest absolute Gasteiger partial charge is 0.248 e. The number of aromatic amines is 1. The fourth-order valence-corrected chi connectivity index (χ4v) is 6.09. The minimum absolute atomic E-state index is 0.0913. The van der Waals surface area contributed by atoms with E-state index in [-0.39, 0.29) is 11.3 Å². The van der Waals surface area contributed by atoms with E-state index in [1.165, 1.54) is 55.0 Å². The highest BCUT2D eigenvalue weighted by molar-refractivity contribution is 5.87. The van der Waals surface area contributed by atoms with E-state index in [0.29, 0.717) is 5.52 Å². The predicted molar refractivity (Wildman–Crippen MR) is 144 cm³/mol. The number of aromatic hydroxyl groups is 1. The molecular weight excluding hydrogens is 452 g/mol. The van der Waals surface area contributed by atoms with E-state index >= 15 is 0 Å². The summed E-state index contributed by atoms with van der Waals surface area (Å²) in [6.45, 7) is 8.55. The molecule has 3 aromatic rings. The average molecular weight is 492 g/mol. The lowest BCUT2D eigenvalue weighted by atomic mass is 9.85. The maximum absolute atomic E-state index is 11.6. The third-order valence-electron chi connectivity index (χ3n) is 8.39. The number of phenolic OH excluding ortho intramolecular Hbond substituents is 1. The largest absolute Gasteiger partial charge is 0.506 e. The minimum atomic E-state index is -0.519. The zero-order valence-corrected chi connectivity index (χ0v) is 21.2. The van der Waals surface area contributed by atoms with Crippen molar-refractivity contribution in [2.45, 2.75) is 51.8 Å². The topological polar surface area (TPSA) is 97.4 Å². The molecule has 0 radical (unpaired) electrons. The number of nitrogens with one attached hydrogen (secondary N) is 3. The first-order chi connectivity index (χ1) is 17.4. The number of quaternary nitrogens is 1. The molecule has 2 bridgehead atoms. The second-order valence-electron chi connectivity index (χ2n) is 10.8. The van der Waals surface area contributed by atoms with Crippen LogP contribution in [-0.2, 0) is 13.0 Å². The van der Waals surface area contributed by atoms with Crippen molar-refractivity contribution in [2.24, 2.45) is 5.92 Å². The van der Waals surface area contributed by atoms with Crippen molar-refractivity contribution < 1.29 is 14.7 Å². The maximum atomic E-state index is 11.6. The number of H-pyrrole nitrogens is 1. The molecule has 192 valence electrons. The van der Waals surface area contributed by atoms with Crippen LogP contribution in [0.3, 0.4) is 0 Å². The van der Waals surface area contributed by atoms with Crippen LogP contribution in [0.25, 0.3) is 10.9 Å². The molecule has 3 saturated heterocycles. The van der Waals surface area contributed by atoms with E-state index < -0.39 is 6.23 Å². The summed E-state index contributed by atoms with van der Waals surface area (Å²) in [4.78, 5) is 14.3. The second kappa shape index (κ2) is 10.6. The molecule has 1 unspecified atom stereocenters. The molecule has 3 fully saturated rings. The van der Waals surface area contributed by atoms with Crippen molar-refractivity contribution >= 4 is 16.6 Å². The average Bonchev–Trinajstić information content (AvgIpc) is 2.89. The van der Waals surface area contributed by atoms with Crippen LogP contribution >= 0.6 is 0 Å². The van der Waals surface area contributed by atoms with Gasteiger partial charge in [-0.25, -0.2) is 0 Å². The number of aryl methyl sites for hydroxylation is 1. The number of hydrogen-bond acceptors (Lipinski definition) is 5. The van der Waals surface area contributed by atoms with Crippen molar-refractivity contribution in [3.63, 3.8) is 0 Å². The number of aromatic nitrogens is 1. The van der Waals surface area contributed by atoms with Crippen molar-refractivity contribution in [1.29, 1.82) is 0 Å². The normalized spacial score (nSPS) is 22.1. The summed E-state index contributed by atoms with van der Waals surface area (Å²) >= 11 is 0. The first-order valence-electron chi connectivity index (χ1n) is 13.3. The number of aliphatic hydroxyl groups excluding tert-OH is 1. The lowest BCUT2D eigenvalue weighted by Gasteiger charge is -2.49. The Hall–Kier alpha value is -2.87. The van der Waals surface area contributed by atoms with Gasteiger partial charge in [0.1, 0.15) is 12.0 Å². The molecule has 3 aliphatic heterocycles. The molecule has 7 nitrogen and oxygen atoms in total. The Morgan fingerprint density at radius 3 is 2.61 bits per heavy atom. The molecule has 2 aromatic carbocycles. The molecule has 7 heteroatoms. The SMILES string of the molecule is Cc1cc(CNCCc2ccc(O)c3[nH]c(=O)ccc23)ccc1NC(O)CC[N+]12CCC(CC1)CC2. The second-order valence-corrected chi connectivity index (χ2v) is 10.8. The Morgan fingerprint density at radius 1 is 1.08 bits per heavy atom. The number of benzene rings is 2. The highest BCUT2D eigenvalue weighted by Crippen LogP contribution is 2.34. The number of hydrogen-bond donors (Lipinski definition) is 5. The van der Waals surface area contributed by atoms with Crippen LogP contribution in [0.2, 0.25) is 0 Å². The maximum Gasteiger partial charge on any atom is 0.248 e. The molecule has 1 atom stereocenters. The number of fused-ring (bicyclic) bond motifs is 4. The van der Waals surface area contributed by atoms with Crippen LogP contribution < -0.4 is 16.2 Å². The van der Waals surface area contributed by atoms with Crippen molar-refractivity contribution in [2.75, 3.05) is 38.0 Å². The Bertz CT molecular complexity index is 1250. The lowest BCUT2D eigenvalue weighted by molar-refractivity contribution is -0.943. The Kier molecular flexibility index (Phi) is 7.32. The highest BCUT2D eigenvalue weighted by Gasteiger charge is 2.39.